The highest BCUT2D eigenvalue weighted by Crippen LogP contribution is 2.21. The van der Waals surface area contributed by atoms with Crippen LogP contribution in [-0.2, 0) is 11.3 Å². The topological polar surface area (TPSA) is 84.8 Å². The molecule has 7 nitrogen and oxygen atoms in total. The molecule has 0 saturated carbocycles. The van der Waals surface area contributed by atoms with Crippen LogP contribution in [0.15, 0.2) is 48.8 Å². The first-order valence-corrected chi connectivity index (χ1v) is 7.26. The number of nitrogens with one attached hydrogen (secondary N) is 2. The molecule has 0 aliphatic rings. The third-order valence-electron chi connectivity index (χ3n) is 3.17. The second kappa shape index (κ2) is 6.78. The van der Waals surface area contributed by atoms with Gasteiger partial charge in [0.1, 0.15) is 5.75 Å². The van der Waals surface area contributed by atoms with E-state index < -0.39 is 0 Å². The maximum Gasteiger partial charge on any atom is 0.238 e. The molecule has 0 spiro atoms. The number of aromatic nitrogens is 4. The molecule has 0 fully saturated rings. The first-order valence-electron chi connectivity index (χ1n) is 7.26. The number of hydrogen-bond acceptors (Lipinski definition) is 4. The molecule has 0 aliphatic heterocycles. The highest BCUT2D eigenvalue weighted by atomic mass is 16.5. The maximum absolute atomic E-state index is 11.9. The smallest absolute Gasteiger partial charge is 0.238 e. The molecule has 118 valence electrons. The van der Waals surface area contributed by atoms with Crippen molar-refractivity contribution in [3.05, 3.63) is 54.5 Å². The van der Waals surface area contributed by atoms with Crippen LogP contribution < -0.4 is 10.1 Å². The molecule has 0 bridgehead atoms. The molecular weight excluding hydrogens is 294 g/mol. The van der Waals surface area contributed by atoms with E-state index in [9.17, 15) is 4.79 Å². The monoisotopic (exact) mass is 311 g/mol. The molecule has 0 saturated heterocycles. The third kappa shape index (κ3) is 4.19. The van der Waals surface area contributed by atoms with Crippen LogP contribution in [0.25, 0.3) is 0 Å². The lowest BCUT2D eigenvalue weighted by molar-refractivity contribution is -0.116. The second-order valence-corrected chi connectivity index (χ2v) is 5.08. The van der Waals surface area contributed by atoms with Crippen LogP contribution in [0.2, 0.25) is 0 Å². The zero-order valence-electron chi connectivity index (χ0n) is 12.7. The van der Waals surface area contributed by atoms with Crippen molar-refractivity contribution >= 4 is 11.6 Å². The molecule has 3 rings (SSSR count). The van der Waals surface area contributed by atoms with Crippen molar-refractivity contribution in [2.75, 3.05) is 5.32 Å². The van der Waals surface area contributed by atoms with Gasteiger partial charge in [-0.15, -0.1) is 5.10 Å². The number of rotatable bonds is 6. The van der Waals surface area contributed by atoms with Gasteiger partial charge in [-0.3, -0.25) is 14.6 Å². The number of ether oxygens (including phenoxy) is 1. The molecule has 7 heteroatoms. The Hall–Kier alpha value is -3.09. The Balaban J connectivity index is 1.51. The van der Waals surface area contributed by atoms with Crippen molar-refractivity contribution in [1.82, 2.24) is 20.0 Å². The lowest BCUT2D eigenvalue weighted by atomic mass is 10.3. The van der Waals surface area contributed by atoms with E-state index in [1.165, 1.54) is 0 Å². The van der Waals surface area contributed by atoms with Crippen LogP contribution in [0.1, 0.15) is 12.1 Å². The molecule has 3 aromatic rings. The Morgan fingerprint density at radius 1 is 1.35 bits per heavy atom. The SMILES string of the molecule is Cc1cc(Oc2ccc(NC(=O)CCn3cccn3)cc2)n[nH]1. The predicted octanol–water partition coefficient (Wildman–Crippen LogP) is 2.74. The van der Waals surface area contributed by atoms with Crippen LogP contribution in [0.5, 0.6) is 11.6 Å². The van der Waals surface area contributed by atoms with E-state index >= 15 is 0 Å². The van der Waals surface area contributed by atoms with E-state index in [4.69, 9.17) is 4.74 Å². The summed E-state index contributed by atoms with van der Waals surface area (Å²) in [5.41, 5.74) is 1.65. The standard InChI is InChI=1S/C16H17N5O2/c1-12-11-16(20-19-12)23-14-5-3-13(4-6-14)18-15(22)7-10-21-9-2-8-17-21/h2-6,8-9,11H,7,10H2,1H3,(H,18,22)(H,19,20). The number of carbonyl (C=O) groups is 1. The number of hydrogen-bond donors (Lipinski definition) is 2. The molecular formula is C16H17N5O2. The van der Waals surface area contributed by atoms with Gasteiger partial charge in [-0.25, -0.2) is 0 Å². The van der Waals surface area contributed by atoms with Crippen molar-refractivity contribution in [1.29, 1.82) is 0 Å². The van der Waals surface area contributed by atoms with Gasteiger partial charge in [0.2, 0.25) is 11.8 Å². The number of carbonyl (C=O) groups excluding carboxylic acids is 1. The summed E-state index contributed by atoms with van der Waals surface area (Å²) >= 11 is 0. The van der Waals surface area contributed by atoms with Gasteiger partial charge in [-0.05, 0) is 37.3 Å². The maximum atomic E-state index is 11.9. The van der Waals surface area contributed by atoms with Crippen molar-refractivity contribution in [2.24, 2.45) is 0 Å². The van der Waals surface area contributed by atoms with Crippen molar-refractivity contribution in [2.45, 2.75) is 19.9 Å². The van der Waals surface area contributed by atoms with Gasteiger partial charge in [-0.2, -0.15) is 5.10 Å². The van der Waals surface area contributed by atoms with Crippen molar-refractivity contribution in [3.63, 3.8) is 0 Å². The number of H-pyrrole nitrogens is 1. The lowest BCUT2D eigenvalue weighted by Crippen LogP contribution is -2.14. The Labute approximate surface area is 133 Å². The number of benzene rings is 1. The van der Waals surface area contributed by atoms with Crippen LogP contribution in [0.3, 0.4) is 0 Å². The summed E-state index contributed by atoms with van der Waals surface area (Å²) in [6.07, 6.45) is 3.89. The Morgan fingerprint density at radius 3 is 2.83 bits per heavy atom. The van der Waals surface area contributed by atoms with E-state index in [0.717, 1.165) is 11.4 Å². The molecule has 0 radical (unpaired) electrons. The van der Waals surface area contributed by atoms with Crippen molar-refractivity contribution < 1.29 is 9.53 Å². The first kappa shape index (κ1) is 14.8. The summed E-state index contributed by atoms with van der Waals surface area (Å²) in [6, 6.07) is 10.8. The highest BCUT2D eigenvalue weighted by Gasteiger charge is 2.05. The molecule has 2 aromatic heterocycles. The third-order valence-corrected chi connectivity index (χ3v) is 3.17. The fraction of sp³-hybridized carbons (Fsp3) is 0.188. The van der Waals surface area contributed by atoms with Crippen molar-refractivity contribution in [3.8, 4) is 11.6 Å². The summed E-state index contributed by atoms with van der Waals surface area (Å²) in [5.74, 6) is 1.11. The summed E-state index contributed by atoms with van der Waals surface area (Å²) in [5, 5.41) is 13.7. The molecule has 1 amide bonds. The number of aryl methyl sites for hydroxylation is 2. The molecule has 2 heterocycles. The van der Waals surface area contributed by atoms with E-state index in [2.05, 4.69) is 20.6 Å². The predicted molar refractivity (Wildman–Crippen MR) is 85.3 cm³/mol. The van der Waals surface area contributed by atoms with Gasteiger partial charge in [0.05, 0.1) is 0 Å². The van der Waals surface area contributed by atoms with E-state index in [-0.39, 0.29) is 5.91 Å². The van der Waals surface area contributed by atoms with Crippen LogP contribution >= 0.6 is 0 Å². The average molecular weight is 311 g/mol. The largest absolute Gasteiger partial charge is 0.438 e. The average Bonchev–Trinajstić information content (AvgIpc) is 3.19. The fourth-order valence-corrected chi connectivity index (χ4v) is 2.04. The number of amides is 1. The van der Waals surface area contributed by atoms with Gasteiger partial charge >= 0.3 is 0 Å². The Bertz CT molecular complexity index is 762. The molecule has 23 heavy (non-hydrogen) atoms. The summed E-state index contributed by atoms with van der Waals surface area (Å²) < 4.78 is 7.31. The summed E-state index contributed by atoms with van der Waals surface area (Å²) in [4.78, 5) is 11.9. The fourth-order valence-electron chi connectivity index (χ4n) is 2.04. The zero-order valence-corrected chi connectivity index (χ0v) is 12.7. The number of aromatic amines is 1. The summed E-state index contributed by atoms with van der Waals surface area (Å²) in [7, 11) is 0. The summed E-state index contributed by atoms with van der Waals surface area (Å²) in [6.45, 7) is 2.46. The second-order valence-electron chi connectivity index (χ2n) is 5.08. The number of anilines is 1. The van der Waals surface area contributed by atoms with E-state index in [1.807, 2.05) is 25.3 Å². The van der Waals surface area contributed by atoms with Gasteiger partial charge in [0, 0.05) is 42.8 Å². The molecule has 0 aliphatic carbocycles. The first-order chi connectivity index (χ1) is 11.2. The molecule has 0 atom stereocenters. The minimum Gasteiger partial charge on any atom is -0.438 e. The van der Waals surface area contributed by atoms with Crippen LogP contribution in [0.4, 0.5) is 5.69 Å². The number of nitrogens with zero attached hydrogens (tertiary/aromatic N) is 3. The van der Waals surface area contributed by atoms with Crippen LogP contribution in [0, 0.1) is 6.92 Å². The molecule has 0 unspecified atom stereocenters. The van der Waals surface area contributed by atoms with Gasteiger partial charge < -0.3 is 10.1 Å². The molecule has 1 aromatic carbocycles. The van der Waals surface area contributed by atoms with Gasteiger partial charge in [0.25, 0.3) is 0 Å². The van der Waals surface area contributed by atoms with Gasteiger partial charge in [0.15, 0.2) is 0 Å². The zero-order chi connectivity index (χ0) is 16.1. The molecule has 2 N–H and O–H groups in total. The Morgan fingerprint density at radius 2 is 2.17 bits per heavy atom. The quantitative estimate of drug-likeness (QED) is 0.733. The van der Waals surface area contributed by atoms with E-state index in [0.29, 0.717) is 24.6 Å². The van der Waals surface area contributed by atoms with E-state index in [1.54, 1.807) is 35.1 Å². The minimum atomic E-state index is -0.0582. The normalized spacial score (nSPS) is 10.5. The van der Waals surface area contributed by atoms with Gasteiger partial charge in [-0.1, -0.05) is 0 Å². The van der Waals surface area contributed by atoms with Crippen LogP contribution in [-0.4, -0.2) is 25.9 Å². The Kier molecular flexibility index (Phi) is 4.37. The lowest BCUT2D eigenvalue weighted by Gasteiger charge is -2.07. The highest BCUT2D eigenvalue weighted by molar-refractivity contribution is 5.90. The minimum absolute atomic E-state index is 0.0582.